The van der Waals surface area contributed by atoms with Crippen molar-refractivity contribution in [3.63, 3.8) is 0 Å². The molecule has 0 spiro atoms. The molecule has 1 atom stereocenters. The number of hydroxylamine groups is 1. The third kappa shape index (κ3) is 5.51. The van der Waals surface area contributed by atoms with Crippen LogP contribution < -0.4 is 15.1 Å². The molecule has 1 N–H and O–H groups in total. The highest BCUT2D eigenvalue weighted by atomic mass is 32.2. The van der Waals surface area contributed by atoms with Crippen molar-refractivity contribution in [2.24, 2.45) is 0 Å². The fourth-order valence-corrected chi connectivity index (χ4v) is 4.60. The highest BCUT2D eigenvalue weighted by Gasteiger charge is 2.29. The molecule has 4 rings (SSSR count). The van der Waals surface area contributed by atoms with E-state index in [9.17, 15) is 0 Å². The maximum atomic E-state index is 5.91. The summed E-state index contributed by atoms with van der Waals surface area (Å²) in [6.07, 6.45) is 2.47. The number of anilines is 3. The van der Waals surface area contributed by atoms with E-state index in [0.717, 1.165) is 36.0 Å². The van der Waals surface area contributed by atoms with Crippen molar-refractivity contribution in [1.29, 1.82) is 0 Å². The first kappa shape index (κ1) is 22.4. The number of methoxy groups -OCH3 is 1. The van der Waals surface area contributed by atoms with Crippen LogP contribution in [0.25, 0.3) is 0 Å². The summed E-state index contributed by atoms with van der Waals surface area (Å²) in [6, 6.07) is 18.6. The van der Waals surface area contributed by atoms with Gasteiger partial charge in [0.1, 0.15) is 17.9 Å². The van der Waals surface area contributed by atoms with E-state index in [1.807, 2.05) is 47.2 Å². The summed E-state index contributed by atoms with van der Waals surface area (Å²) in [4.78, 5) is 18.1. The minimum atomic E-state index is 0.131. The topological polar surface area (TPSA) is 62.8 Å². The maximum Gasteiger partial charge on any atom is 0.158 e. The average Bonchev–Trinajstić information content (AvgIpc) is 3.30. The van der Waals surface area contributed by atoms with Gasteiger partial charge in [-0.25, -0.2) is 15.0 Å². The number of rotatable bonds is 9. The predicted molar refractivity (Wildman–Crippen MR) is 130 cm³/mol. The normalized spacial score (nSPS) is 15.9. The van der Waals surface area contributed by atoms with Gasteiger partial charge in [0.05, 0.1) is 25.4 Å². The third-order valence-electron chi connectivity index (χ3n) is 5.21. The zero-order valence-corrected chi connectivity index (χ0v) is 19.5. The lowest BCUT2D eigenvalue weighted by Crippen LogP contribution is -2.22. The Morgan fingerprint density at radius 2 is 2.00 bits per heavy atom. The summed E-state index contributed by atoms with van der Waals surface area (Å²) in [5.74, 6) is 3.21. The van der Waals surface area contributed by atoms with Gasteiger partial charge in [0.25, 0.3) is 0 Å². The molecule has 8 heteroatoms. The monoisotopic (exact) mass is 451 g/mol. The maximum absolute atomic E-state index is 5.91. The second-order valence-corrected chi connectivity index (χ2v) is 8.94. The fraction of sp³-hybridized carbons (Fsp3) is 0.333. The van der Waals surface area contributed by atoms with Crippen LogP contribution in [0.4, 0.5) is 17.3 Å². The molecule has 3 aromatic rings. The summed E-state index contributed by atoms with van der Waals surface area (Å²) < 4.78 is 5.63. The zero-order valence-electron chi connectivity index (χ0n) is 18.7. The van der Waals surface area contributed by atoms with Gasteiger partial charge in [-0.05, 0) is 37.9 Å². The third-order valence-corrected chi connectivity index (χ3v) is 6.18. The largest absolute Gasteiger partial charge is 0.495 e. The Balaban J connectivity index is 1.49. The molecule has 1 aromatic heterocycles. The van der Waals surface area contributed by atoms with Crippen LogP contribution in [0.3, 0.4) is 0 Å². The molecule has 0 radical (unpaired) electrons. The molecule has 1 saturated heterocycles. The quantitative estimate of drug-likeness (QED) is 0.467. The lowest BCUT2D eigenvalue weighted by Gasteiger charge is -2.24. The van der Waals surface area contributed by atoms with Crippen molar-refractivity contribution in [2.45, 2.75) is 17.4 Å². The Bertz CT molecular complexity index is 1020. The molecule has 0 aliphatic carbocycles. The van der Waals surface area contributed by atoms with Gasteiger partial charge in [-0.2, -0.15) is 0 Å². The van der Waals surface area contributed by atoms with Crippen LogP contribution in [0.2, 0.25) is 0 Å². The van der Waals surface area contributed by atoms with E-state index in [4.69, 9.17) is 9.57 Å². The van der Waals surface area contributed by atoms with Gasteiger partial charge in [0, 0.05) is 29.7 Å². The summed E-state index contributed by atoms with van der Waals surface area (Å²) in [6.45, 7) is 1.69. The fourth-order valence-electron chi connectivity index (χ4n) is 3.56. The van der Waals surface area contributed by atoms with Crippen LogP contribution in [-0.2, 0) is 4.84 Å². The van der Waals surface area contributed by atoms with Crippen molar-refractivity contribution >= 4 is 29.1 Å². The predicted octanol–water partition coefficient (Wildman–Crippen LogP) is 4.77. The Kier molecular flexibility index (Phi) is 7.47. The molecular weight excluding hydrogens is 422 g/mol. The van der Waals surface area contributed by atoms with E-state index in [0.29, 0.717) is 12.4 Å². The Morgan fingerprint density at radius 1 is 1.16 bits per heavy atom. The van der Waals surface area contributed by atoms with E-state index in [2.05, 4.69) is 58.5 Å². The Labute approximate surface area is 193 Å². The number of benzene rings is 2. The second-order valence-electron chi connectivity index (χ2n) is 7.77. The van der Waals surface area contributed by atoms with Crippen LogP contribution in [-0.4, -0.2) is 55.0 Å². The van der Waals surface area contributed by atoms with Crippen molar-refractivity contribution in [3.8, 4) is 5.75 Å². The van der Waals surface area contributed by atoms with Gasteiger partial charge in [0.2, 0.25) is 0 Å². The highest BCUT2D eigenvalue weighted by Crippen LogP contribution is 2.36. The molecular formula is C24H29N5O2S. The molecule has 0 bridgehead atoms. The van der Waals surface area contributed by atoms with Crippen molar-refractivity contribution in [1.82, 2.24) is 14.9 Å². The molecule has 0 saturated carbocycles. The molecule has 32 heavy (non-hydrogen) atoms. The van der Waals surface area contributed by atoms with Gasteiger partial charge in [-0.3, -0.25) is 4.84 Å². The van der Waals surface area contributed by atoms with E-state index in [1.54, 1.807) is 13.4 Å². The molecule has 1 fully saturated rings. The molecule has 1 unspecified atom stereocenters. The molecule has 2 aromatic carbocycles. The highest BCUT2D eigenvalue weighted by molar-refractivity contribution is 7.99. The molecule has 0 amide bonds. The molecule has 1 aliphatic rings. The number of ether oxygens (including phenoxy) is 1. The first-order valence-corrected chi connectivity index (χ1v) is 11.6. The number of hydrogen-bond acceptors (Lipinski definition) is 8. The van der Waals surface area contributed by atoms with Crippen molar-refractivity contribution in [3.05, 3.63) is 66.5 Å². The zero-order chi connectivity index (χ0) is 22.3. The van der Waals surface area contributed by atoms with Gasteiger partial charge >= 0.3 is 0 Å². The number of thioether (sulfide) groups is 1. The summed E-state index contributed by atoms with van der Waals surface area (Å²) in [5.41, 5.74) is 2.07. The average molecular weight is 452 g/mol. The Morgan fingerprint density at radius 3 is 2.78 bits per heavy atom. The van der Waals surface area contributed by atoms with Crippen LogP contribution in [0, 0.1) is 0 Å². The molecule has 7 nitrogen and oxygen atoms in total. The molecule has 2 heterocycles. The van der Waals surface area contributed by atoms with E-state index >= 15 is 0 Å². The second kappa shape index (κ2) is 10.7. The molecule has 1 aliphatic heterocycles. The van der Waals surface area contributed by atoms with Crippen molar-refractivity contribution in [2.75, 3.05) is 50.5 Å². The van der Waals surface area contributed by atoms with Gasteiger partial charge in [-0.15, -0.1) is 11.8 Å². The van der Waals surface area contributed by atoms with Crippen LogP contribution in [0.15, 0.2) is 65.8 Å². The number of nitrogens with zero attached hydrogens (tertiary/aromatic N) is 4. The van der Waals surface area contributed by atoms with Crippen LogP contribution >= 0.6 is 11.8 Å². The van der Waals surface area contributed by atoms with Crippen LogP contribution in [0.1, 0.15) is 18.0 Å². The first-order chi connectivity index (χ1) is 15.6. The van der Waals surface area contributed by atoms with E-state index in [1.165, 1.54) is 10.5 Å². The lowest BCUT2D eigenvalue weighted by atomic mass is 10.0. The molecule has 168 valence electrons. The van der Waals surface area contributed by atoms with Gasteiger partial charge in [0.15, 0.2) is 5.82 Å². The van der Waals surface area contributed by atoms with E-state index in [-0.39, 0.29) is 6.04 Å². The SMILES string of the molecule is COc1cc(SCCN(C)C)ccc1Nc1cc(N2OCCC2c2ccccc2)ncn1. The summed E-state index contributed by atoms with van der Waals surface area (Å²) >= 11 is 1.81. The Hall–Kier alpha value is -2.81. The van der Waals surface area contributed by atoms with E-state index < -0.39 is 0 Å². The smallest absolute Gasteiger partial charge is 0.158 e. The summed E-state index contributed by atoms with van der Waals surface area (Å²) in [5, 5.41) is 5.25. The van der Waals surface area contributed by atoms with Gasteiger partial charge < -0.3 is 15.0 Å². The summed E-state index contributed by atoms with van der Waals surface area (Å²) in [7, 11) is 5.85. The minimum Gasteiger partial charge on any atom is -0.495 e. The number of aromatic nitrogens is 2. The lowest BCUT2D eigenvalue weighted by molar-refractivity contribution is 0.157. The standard InChI is InChI=1S/C24H29N5O2S/c1-28(2)12-14-32-19-9-10-20(22(15-19)30-3)27-23-16-24(26-17-25-23)29-21(11-13-31-29)18-7-5-4-6-8-18/h4-10,15-17,21H,11-14H2,1-3H3,(H,25,26,27). The van der Waals surface area contributed by atoms with Crippen LogP contribution in [0.5, 0.6) is 5.75 Å². The minimum absolute atomic E-state index is 0.131. The first-order valence-electron chi connectivity index (χ1n) is 10.7. The number of hydrogen-bond donors (Lipinski definition) is 1. The number of nitrogens with one attached hydrogen (secondary N) is 1. The van der Waals surface area contributed by atoms with Gasteiger partial charge in [-0.1, -0.05) is 30.3 Å². The van der Waals surface area contributed by atoms with Crippen molar-refractivity contribution < 1.29 is 9.57 Å².